The summed E-state index contributed by atoms with van der Waals surface area (Å²) in [4.78, 5) is 62.1. The van der Waals surface area contributed by atoms with Gasteiger partial charge in [0, 0.05) is 17.0 Å². The Labute approximate surface area is 265 Å². The molecule has 3 amide bonds. The number of anilines is 1. The van der Waals surface area contributed by atoms with Gasteiger partial charge in [0.05, 0.1) is 0 Å². The zero-order valence-electron chi connectivity index (χ0n) is 23.1. The molecule has 0 spiro atoms. The zero-order chi connectivity index (χ0) is 31.1. The summed E-state index contributed by atoms with van der Waals surface area (Å²) in [6.45, 7) is 3.58. The molecule has 226 valence electrons. The van der Waals surface area contributed by atoms with Crippen molar-refractivity contribution in [2.24, 2.45) is 5.16 Å². The summed E-state index contributed by atoms with van der Waals surface area (Å²) >= 11 is 8.68. The Hall–Kier alpha value is -4.46. The minimum atomic E-state index is -0.970. The fourth-order valence-corrected chi connectivity index (χ4v) is 6.92. The molecule has 1 fully saturated rings. The zero-order valence-corrected chi connectivity index (χ0v) is 25.4. The van der Waals surface area contributed by atoms with Gasteiger partial charge in [-0.25, -0.2) is 9.78 Å². The smallest absolute Gasteiger partial charge is 0.356 e. The number of hydrogen-bond acceptors (Lipinski definition) is 10. The Balaban J connectivity index is 1.36. The summed E-state index contributed by atoms with van der Waals surface area (Å²) in [5, 5.41) is 10.2. The van der Waals surface area contributed by atoms with Crippen LogP contribution in [0, 0.1) is 0 Å². The molecule has 3 heterocycles. The quantitative estimate of drug-likeness (QED) is 0.0415. The molecule has 2 aliphatic heterocycles. The average molecular weight is 652 g/mol. The topological polar surface area (TPSA) is 139 Å². The van der Waals surface area contributed by atoms with E-state index in [1.54, 1.807) is 0 Å². The average Bonchev–Trinajstić information content (AvgIpc) is 3.52. The molecule has 2 aromatic carbocycles. The second-order valence-corrected chi connectivity index (χ2v) is 11.6. The number of fused-ring (bicyclic) bond motifs is 1. The van der Waals surface area contributed by atoms with E-state index in [0.29, 0.717) is 17.7 Å². The maximum absolute atomic E-state index is 13.8. The second-order valence-electron chi connectivity index (χ2n) is 9.38. The third-order valence-corrected chi connectivity index (χ3v) is 9.05. The van der Waals surface area contributed by atoms with Crippen molar-refractivity contribution in [3.05, 3.63) is 107 Å². The normalized spacial score (nSPS) is 17.8. The van der Waals surface area contributed by atoms with E-state index >= 15 is 0 Å². The van der Waals surface area contributed by atoms with E-state index in [9.17, 15) is 19.2 Å². The molecular formula is C30H26ClN5O6S2. The molecule has 5 rings (SSSR count). The van der Waals surface area contributed by atoms with Crippen LogP contribution in [0.2, 0.25) is 0 Å². The molecule has 0 saturated carbocycles. The molecule has 2 atom stereocenters. The van der Waals surface area contributed by atoms with Crippen molar-refractivity contribution >= 4 is 69.7 Å². The number of nitrogens with zero attached hydrogens (tertiary/aromatic N) is 3. The number of halogens is 1. The van der Waals surface area contributed by atoms with Gasteiger partial charge in [-0.05, 0) is 16.7 Å². The number of nitrogens with one attached hydrogen (secondary N) is 2. The number of esters is 1. The summed E-state index contributed by atoms with van der Waals surface area (Å²) in [5.74, 6) is -1.55. The fourth-order valence-electron chi connectivity index (χ4n) is 4.59. The summed E-state index contributed by atoms with van der Waals surface area (Å²) < 4.78 is 6.06. The Morgan fingerprint density at radius 1 is 1.16 bits per heavy atom. The molecule has 44 heavy (non-hydrogen) atoms. The Morgan fingerprint density at radius 3 is 2.45 bits per heavy atom. The Morgan fingerprint density at radius 2 is 1.84 bits per heavy atom. The largest absolute Gasteiger partial charge is 0.448 e. The van der Waals surface area contributed by atoms with Crippen molar-refractivity contribution < 1.29 is 28.8 Å². The first-order chi connectivity index (χ1) is 21.5. The second kappa shape index (κ2) is 14.3. The van der Waals surface area contributed by atoms with Crippen LogP contribution in [0.25, 0.3) is 0 Å². The maximum atomic E-state index is 13.8. The number of carbonyl (C=O) groups excluding carboxylic acids is 4. The number of benzene rings is 2. The molecule has 2 N–H and O–H groups in total. The van der Waals surface area contributed by atoms with E-state index < -0.39 is 35.3 Å². The lowest BCUT2D eigenvalue weighted by Crippen LogP contribution is -2.71. The molecule has 1 saturated heterocycles. The number of ether oxygens (including phenoxy) is 1. The van der Waals surface area contributed by atoms with E-state index in [1.165, 1.54) is 28.1 Å². The van der Waals surface area contributed by atoms with Crippen LogP contribution in [-0.2, 0) is 28.8 Å². The van der Waals surface area contributed by atoms with Crippen LogP contribution in [0.1, 0.15) is 22.9 Å². The highest BCUT2D eigenvalue weighted by molar-refractivity contribution is 8.00. The highest BCUT2D eigenvalue weighted by Crippen LogP contribution is 2.42. The van der Waals surface area contributed by atoms with Gasteiger partial charge in [-0.2, -0.15) is 0 Å². The lowest BCUT2D eigenvalue weighted by molar-refractivity contribution is -0.154. The predicted octanol–water partition coefficient (Wildman–Crippen LogP) is 3.84. The van der Waals surface area contributed by atoms with Crippen molar-refractivity contribution in [1.29, 1.82) is 0 Å². The molecule has 11 nitrogen and oxygen atoms in total. The lowest BCUT2D eigenvalue weighted by Gasteiger charge is -2.49. The number of rotatable bonds is 13. The van der Waals surface area contributed by atoms with Gasteiger partial charge in [0.15, 0.2) is 16.9 Å². The van der Waals surface area contributed by atoms with Crippen LogP contribution in [0.15, 0.2) is 95.1 Å². The monoisotopic (exact) mass is 651 g/mol. The SMILES string of the molecule is C=CCON=C(C(=O)NC1C(=O)N2C(C(=O)OC(c3ccccc3)c3ccccc3)=C(CCl)CS[C@@H]12)c1csc(NC=O)n1. The van der Waals surface area contributed by atoms with Gasteiger partial charge in [-0.15, -0.1) is 34.7 Å². The minimum Gasteiger partial charge on any atom is -0.448 e. The van der Waals surface area contributed by atoms with Gasteiger partial charge >= 0.3 is 5.97 Å². The summed E-state index contributed by atoms with van der Waals surface area (Å²) in [6.07, 6.45) is 1.19. The number of oxime groups is 1. The van der Waals surface area contributed by atoms with Crippen LogP contribution in [0.3, 0.4) is 0 Å². The number of β-lactam (4-membered cyclic amide) rings is 1. The van der Waals surface area contributed by atoms with Crippen LogP contribution >= 0.6 is 34.7 Å². The van der Waals surface area contributed by atoms with Gasteiger partial charge in [-0.3, -0.25) is 19.3 Å². The van der Waals surface area contributed by atoms with E-state index in [-0.39, 0.29) is 34.7 Å². The number of carbonyl (C=O) groups is 4. The summed E-state index contributed by atoms with van der Waals surface area (Å²) in [6, 6.07) is 17.6. The van der Waals surface area contributed by atoms with Gasteiger partial charge in [-0.1, -0.05) is 78.5 Å². The first-order valence-corrected chi connectivity index (χ1v) is 15.7. The van der Waals surface area contributed by atoms with Crippen molar-refractivity contribution in [3.63, 3.8) is 0 Å². The van der Waals surface area contributed by atoms with E-state index in [0.717, 1.165) is 22.5 Å². The molecular weight excluding hydrogens is 626 g/mol. The van der Waals surface area contributed by atoms with Crippen molar-refractivity contribution in [2.75, 3.05) is 23.6 Å². The Bertz CT molecular complexity index is 1570. The highest BCUT2D eigenvalue weighted by Gasteiger charge is 2.55. The molecule has 14 heteroatoms. The molecule has 0 aliphatic carbocycles. The third-order valence-electron chi connectivity index (χ3n) is 6.61. The van der Waals surface area contributed by atoms with Crippen molar-refractivity contribution in [1.82, 2.24) is 15.2 Å². The van der Waals surface area contributed by atoms with Crippen LogP contribution < -0.4 is 10.6 Å². The molecule has 1 aromatic heterocycles. The van der Waals surface area contributed by atoms with Gasteiger partial charge in [0.1, 0.15) is 29.4 Å². The Kier molecular flexibility index (Phi) is 10.1. The van der Waals surface area contributed by atoms with Crippen LogP contribution in [0.4, 0.5) is 5.13 Å². The number of thioether (sulfide) groups is 1. The van der Waals surface area contributed by atoms with E-state index in [1.807, 2.05) is 60.7 Å². The van der Waals surface area contributed by atoms with E-state index in [4.69, 9.17) is 21.2 Å². The van der Waals surface area contributed by atoms with Gasteiger partial charge < -0.3 is 20.2 Å². The first-order valence-electron chi connectivity index (χ1n) is 13.3. The molecule has 1 unspecified atom stereocenters. The summed E-state index contributed by atoms with van der Waals surface area (Å²) in [5.41, 5.74) is 2.10. The molecule has 0 bridgehead atoms. The number of aromatic nitrogens is 1. The minimum absolute atomic E-state index is 0.0186. The van der Waals surface area contributed by atoms with Gasteiger partial charge in [0.2, 0.25) is 6.41 Å². The molecule has 3 aromatic rings. The number of alkyl halides is 1. The summed E-state index contributed by atoms with van der Waals surface area (Å²) in [7, 11) is 0. The van der Waals surface area contributed by atoms with E-state index in [2.05, 4.69) is 27.4 Å². The van der Waals surface area contributed by atoms with Gasteiger partial charge in [0.25, 0.3) is 11.8 Å². The maximum Gasteiger partial charge on any atom is 0.356 e. The fraction of sp³-hybridized carbons (Fsp3) is 0.200. The van der Waals surface area contributed by atoms with Crippen LogP contribution in [-0.4, -0.2) is 69.4 Å². The number of thiazole rings is 1. The lowest BCUT2D eigenvalue weighted by atomic mass is 10.0. The third kappa shape index (κ3) is 6.54. The number of hydrogen-bond donors (Lipinski definition) is 2. The van der Waals surface area contributed by atoms with Crippen LogP contribution in [0.5, 0.6) is 0 Å². The molecule has 2 aliphatic rings. The standard InChI is InChI=1S/C30H26ClN5O6S2/c1-2-13-41-35-22(21-16-44-30(33-21)32-17-37)26(38)34-23-27(39)36-24(20(14-31)15-43-28(23)36)29(40)42-25(18-9-5-3-6-10-18)19-11-7-4-8-12-19/h2-12,16-17,23,25,28H,1,13-15H2,(H,34,38)(H,32,33,37)/t23?,28-/m0/s1. The predicted molar refractivity (Wildman–Crippen MR) is 168 cm³/mol. The molecule has 0 radical (unpaired) electrons. The van der Waals surface area contributed by atoms with Crippen molar-refractivity contribution in [2.45, 2.75) is 17.5 Å². The first kappa shape index (κ1) is 31.0. The highest BCUT2D eigenvalue weighted by atomic mass is 35.5. The number of amides is 3. The van der Waals surface area contributed by atoms with Crippen molar-refractivity contribution in [3.8, 4) is 0 Å².